The molecule has 0 aliphatic rings. The molecule has 0 saturated heterocycles. The summed E-state index contributed by atoms with van der Waals surface area (Å²) in [5.74, 6) is -0.216. The van der Waals surface area contributed by atoms with Gasteiger partial charge in [-0.2, -0.15) is 0 Å². The Morgan fingerprint density at radius 1 is 0.963 bits per heavy atom. The number of thiol groups is 1. The van der Waals surface area contributed by atoms with Crippen LogP contribution in [0.25, 0.3) is 6.08 Å². The van der Waals surface area contributed by atoms with E-state index in [1.54, 1.807) is 18.2 Å². The molecular formula is C22H21N3OS. The van der Waals surface area contributed by atoms with Crippen molar-refractivity contribution in [1.29, 1.82) is 0 Å². The summed E-state index contributed by atoms with van der Waals surface area (Å²) >= 11 is 4.28. The van der Waals surface area contributed by atoms with Crippen LogP contribution < -0.4 is 16.4 Å². The number of anilines is 3. The van der Waals surface area contributed by atoms with Gasteiger partial charge in [-0.25, -0.2) is 0 Å². The van der Waals surface area contributed by atoms with Crippen molar-refractivity contribution in [2.24, 2.45) is 0 Å². The zero-order valence-corrected chi connectivity index (χ0v) is 15.6. The van der Waals surface area contributed by atoms with E-state index < -0.39 is 0 Å². The number of benzene rings is 3. The second kappa shape index (κ2) is 8.96. The van der Waals surface area contributed by atoms with E-state index in [-0.39, 0.29) is 5.91 Å². The quantitative estimate of drug-likeness (QED) is 0.284. The van der Waals surface area contributed by atoms with Crippen LogP contribution in [0.3, 0.4) is 0 Å². The van der Waals surface area contributed by atoms with Gasteiger partial charge in [-0.15, -0.1) is 12.6 Å². The number of para-hydroxylation sites is 2. The van der Waals surface area contributed by atoms with E-state index in [0.717, 1.165) is 28.3 Å². The minimum Gasteiger partial charge on any atom is -0.397 e. The number of nitrogens with two attached hydrogens (primary N) is 1. The molecule has 0 radical (unpaired) electrons. The number of nitrogens with one attached hydrogen (secondary N) is 2. The number of hydrogen-bond donors (Lipinski definition) is 4. The zero-order valence-electron chi connectivity index (χ0n) is 14.7. The normalized spacial score (nSPS) is 10.7. The number of rotatable bonds is 6. The molecule has 0 atom stereocenters. The van der Waals surface area contributed by atoms with Gasteiger partial charge in [-0.05, 0) is 53.6 Å². The van der Waals surface area contributed by atoms with Gasteiger partial charge >= 0.3 is 0 Å². The van der Waals surface area contributed by atoms with Crippen molar-refractivity contribution in [3.8, 4) is 0 Å². The van der Waals surface area contributed by atoms with Gasteiger partial charge in [0, 0.05) is 23.2 Å². The third kappa shape index (κ3) is 5.66. The van der Waals surface area contributed by atoms with Gasteiger partial charge in [0.25, 0.3) is 0 Å². The van der Waals surface area contributed by atoms with Crippen molar-refractivity contribution in [2.45, 2.75) is 11.4 Å². The minimum absolute atomic E-state index is 0.216. The summed E-state index contributed by atoms with van der Waals surface area (Å²) in [5.41, 5.74) is 10.1. The van der Waals surface area contributed by atoms with E-state index in [0.29, 0.717) is 11.4 Å². The predicted octanol–water partition coefficient (Wildman–Crippen LogP) is 4.82. The van der Waals surface area contributed by atoms with Gasteiger partial charge in [0.05, 0.1) is 11.4 Å². The molecule has 27 heavy (non-hydrogen) atoms. The molecule has 0 aliphatic carbocycles. The van der Waals surface area contributed by atoms with Gasteiger partial charge in [-0.1, -0.05) is 36.4 Å². The Labute approximate surface area is 164 Å². The average molecular weight is 375 g/mol. The first-order chi connectivity index (χ1) is 13.1. The van der Waals surface area contributed by atoms with Crippen LogP contribution in [0.5, 0.6) is 0 Å². The summed E-state index contributed by atoms with van der Waals surface area (Å²) in [7, 11) is 0. The molecule has 0 fully saturated rings. The van der Waals surface area contributed by atoms with Gasteiger partial charge in [-0.3, -0.25) is 4.79 Å². The maximum Gasteiger partial charge on any atom is 0.248 e. The molecule has 0 saturated carbocycles. The van der Waals surface area contributed by atoms with Crippen LogP contribution >= 0.6 is 12.6 Å². The molecule has 3 aromatic rings. The fourth-order valence-corrected chi connectivity index (χ4v) is 2.64. The van der Waals surface area contributed by atoms with Crippen molar-refractivity contribution in [1.82, 2.24) is 0 Å². The Bertz CT molecular complexity index is 935. The fourth-order valence-electron chi connectivity index (χ4n) is 2.49. The van der Waals surface area contributed by atoms with Crippen LogP contribution in [0, 0.1) is 0 Å². The molecule has 1 amide bonds. The van der Waals surface area contributed by atoms with E-state index >= 15 is 0 Å². The maximum absolute atomic E-state index is 12.0. The van der Waals surface area contributed by atoms with E-state index in [4.69, 9.17) is 5.73 Å². The number of hydrogen-bond acceptors (Lipinski definition) is 4. The first-order valence-electron chi connectivity index (χ1n) is 8.55. The molecule has 0 bridgehead atoms. The highest BCUT2D eigenvalue weighted by Gasteiger charge is 2.01. The lowest BCUT2D eigenvalue weighted by Gasteiger charge is -2.07. The van der Waals surface area contributed by atoms with Gasteiger partial charge in [0.15, 0.2) is 0 Å². The third-order valence-electron chi connectivity index (χ3n) is 3.99. The van der Waals surface area contributed by atoms with Crippen molar-refractivity contribution < 1.29 is 4.79 Å². The highest BCUT2D eigenvalue weighted by Crippen LogP contribution is 2.17. The SMILES string of the molecule is Nc1ccccc1NC(=O)/C=C/c1ccc(CNc2ccc(S)cc2)cc1. The zero-order chi connectivity index (χ0) is 19.1. The number of amides is 1. The Balaban J connectivity index is 1.53. The monoisotopic (exact) mass is 375 g/mol. The van der Waals surface area contributed by atoms with E-state index in [2.05, 4.69) is 23.3 Å². The van der Waals surface area contributed by atoms with Crippen LogP contribution in [0.15, 0.2) is 83.8 Å². The second-order valence-electron chi connectivity index (χ2n) is 6.05. The van der Waals surface area contributed by atoms with Crippen LogP contribution in [0.1, 0.15) is 11.1 Å². The Morgan fingerprint density at radius 3 is 2.37 bits per heavy atom. The molecule has 0 heterocycles. The van der Waals surface area contributed by atoms with Gasteiger partial charge in [0.2, 0.25) is 5.91 Å². The second-order valence-corrected chi connectivity index (χ2v) is 6.57. The van der Waals surface area contributed by atoms with Crippen molar-refractivity contribution >= 4 is 41.7 Å². The smallest absolute Gasteiger partial charge is 0.248 e. The van der Waals surface area contributed by atoms with Crippen LogP contribution in [0.4, 0.5) is 17.1 Å². The molecule has 3 rings (SSSR count). The largest absolute Gasteiger partial charge is 0.397 e. The molecule has 5 heteroatoms. The molecule has 4 N–H and O–H groups in total. The Kier molecular flexibility index (Phi) is 6.18. The lowest BCUT2D eigenvalue weighted by molar-refractivity contribution is -0.111. The molecule has 0 aromatic heterocycles. The fraction of sp³-hybridized carbons (Fsp3) is 0.0455. The molecular weight excluding hydrogens is 354 g/mol. The molecule has 136 valence electrons. The summed E-state index contributed by atoms with van der Waals surface area (Å²) in [4.78, 5) is 13.0. The van der Waals surface area contributed by atoms with Crippen molar-refractivity contribution in [3.63, 3.8) is 0 Å². The first kappa shape index (κ1) is 18.6. The lowest BCUT2D eigenvalue weighted by Crippen LogP contribution is -2.09. The number of carbonyl (C=O) groups excluding carboxylic acids is 1. The predicted molar refractivity (Wildman–Crippen MR) is 116 cm³/mol. The highest BCUT2D eigenvalue weighted by molar-refractivity contribution is 7.80. The minimum atomic E-state index is -0.216. The highest BCUT2D eigenvalue weighted by atomic mass is 32.1. The summed E-state index contributed by atoms with van der Waals surface area (Å²) in [5, 5.41) is 6.13. The van der Waals surface area contributed by atoms with Gasteiger partial charge < -0.3 is 16.4 Å². The van der Waals surface area contributed by atoms with Crippen LogP contribution in [-0.2, 0) is 11.3 Å². The summed E-state index contributed by atoms with van der Waals surface area (Å²) in [6.45, 7) is 0.726. The lowest BCUT2D eigenvalue weighted by atomic mass is 10.1. The Morgan fingerprint density at radius 2 is 1.67 bits per heavy atom. The average Bonchev–Trinajstić information content (AvgIpc) is 2.68. The number of carbonyl (C=O) groups is 1. The Hall–Kier alpha value is -3.18. The molecule has 4 nitrogen and oxygen atoms in total. The molecule has 0 aliphatic heterocycles. The van der Waals surface area contributed by atoms with E-state index in [1.807, 2.05) is 60.7 Å². The van der Waals surface area contributed by atoms with Crippen molar-refractivity contribution in [2.75, 3.05) is 16.4 Å². The van der Waals surface area contributed by atoms with Crippen molar-refractivity contribution in [3.05, 3.63) is 90.0 Å². The summed E-state index contributed by atoms with van der Waals surface area (Å²) < 4.78 is 0. The van der Waals surface area contributed by atoms with E-state index in [1.165, 1.54) is 6.08 Å². The molecule has 0 unspecified atom stereocenters. The molecule has 0 spiro atoms. The van der Waals surface area contributed by atoms with Crippen LogP contribution in [0.2, 0.25) is 0 Å². The standard InChI is InChI=1S/C22H21N3OS/c23-20-3-1-2-4-21(20)25-22(26)14-9-16-5-7-17(8-6-16)15-24-18-10-12-19(27)13-11-18/h1-14,24,27H,15,23H2,(H,25,26)/b14-9+. The molecule has 3 aromatic carbocycles. The van der Waals surface area contributed by atoms with Crippen LogP contribution in [-0.4, -0.2) is 5.91 Å². The summed E-state index contributed by atoms with van der Waals surface area (Å²) in [6.07, 6.45) is 3.27. The third-order valence-corrected chi connectivity index (χ3v) is 4.29. The maximum atomic E-state index is 12.0. The van der Waals surface area contributed by atoms with Gasteiger partial charge in [0.1, 0.15) is 0 Å². The summed E-state index contributed by atoms with van der Waals surface area (Å²) in [6, 6.07) is 23.1. The number of nitrogen functional groups attached to an aromatic ring is 1. The first-order valence-corrected chi connectivity index (χ1v) is 9.00. The van der Waals surface area contributed by atoms with E-state index in [9.17, 15) is 4.79 Å². The topological polar surface area (TPSA) is 67.1 Å².